The first-order valence-corrected chi connectivity index (χ1v) is 7.99. The van der Waals surface area contributed by atoms with Gasteiger partial charge in [0.1, 0.15) is 12.3 Å². The van der Waals surface area contributed by atoms with Crippen molar-refractivity contribution in [3.8, 4) is 5.75 Å². The molecule has 3 amide bonds. The van der Waals surface area contributed by atoms with Crippen LogP contribution in [0.3, 0.4) is 0 Å². The summed E-state index contributed by atoms with van der Waals surface area (Å²) in [5, 5.41) is 9.47. The highest BCUT2D eigenvalue weighted by Gasteiger charge is 2.15. The van der Waals surface area contributed by atoms with E-state index >= 15 is 0 Å². The third-order valence-corrected chi connectivity index (χ3v) is 3.30. The third kappa shape index (κ3) is 5.52. The first kappa shape index (κ1) is 18.3. The molecular formula is C17H23N5O3. The van der Waals surface area contributed by atoms with Gasteiger partial charge in [-0.2, -0.15) is 5.10 Å². The van der Waals surface area contributed by atoms with Crippen molar-refractivity contribution >= 4 is 17.6 Å². The summed E-state index contributed by atoms with van der Waals surface area (Å²) in [6, 6.07) is 6.93. The normalized spacial score (nSPS) is 11.8. The molecular weight excluding hydrogens is 322 g/mol. The molecule has 8 nitrogen and oxygen atoms in total. The summed E-state index contributed by atoms with van der Waals surface area (Å²) in [5.74, 6) is 0.231. The molecule has 1 atom stereocenters. The fraction of sp³-hybridized carbons (Fsp3) is 0.353. The van der Waals surface area contributed by atoms with E-state index in [0.717, 1.165) is 11.3 Å². The Kier molecular flexibility index (Phi) is 5.99. The van der Waals surface area contributed by atoms with Gasteiger partial charge in [-0.3, -0.25) is 9.48 Å². The Morgan fingerprint density at radius 1 is 1.28 bits per heavy atom. The van der Waals surface area contributed by atoms with Gasteiger partial charge in [0.2, 0.25) is 5.91 Å². The number of carbonyl (C=O) groups is 2. The standard InChI is InChI=1S/C17H23N5O3/c1-11(2)25-15-7-5-4-6-14(15)12(3)20-17(24)21-13-8-19-22(9-13)10-16(18)23/h4-9,11-12H,10H2,1-3H3,(H2,18,23)(H2,20,21,24)/t12-/m1/s1. The summed E-state index contributed by atoms with van der Waals surface area (Å²) in [5.41, 5.74) is 6.46. The van der Waals surface area contributed by atoms with Crippen LogP contribution in [0.15, 0.2) is 36.7 Å². The van der Waals surface area contributed by atoms with E-state index in [1.807, 2.05) is 45.0 Å². The molecule has 0 saturated heterocycles. The number of ether oxygens (including phenoxy) is 1. The van der Waals surface area contributed by atoms with Crippen LogP contribution >= 0.6 is 0 Å². The molecule has 0 aliphatic carbocycles. The number of nitrogens with two attached hydrogens (primary N) is 1. The highest BCUT2D eigenvalue weighted by molar-refractivity contribution is 5.89. The van der Waals surface area contributed by atoms with Crippen molar-refractivity contribution in [2.75, 3.05) is 5.32 Å². The molecule has 1 aromatic carbocycles. The van der Waals surface area contributed by atoms with Crippen LogP contribution in [-0.4, -0.2) is 27.8 Å². The molecule has 25 heavy (non-hydrogen) atoms. The van der Waals surface area contributed by atoms with E-state index in [4.69, 9.17) is 10.5 Å². The molecule has 0 bridgehead atoms. The minimum atomic E-state index is -0.505. The van der Waals surface area contributed by atoms with Crippen LogP contribution in [0.5, 0.6) is 5.75 Å². The predicted octanol–water partition coefficient (Wildman–Crippen LogP) is 2.04. The van der Waals surface area contributed by atoms with E-state index in [0.29, 0.717) is 5.69 Å². The number of rotatable bonds is 7. The molecule has 1 heterocycles. The Bertz CT molecular complexity index is 741. The van der Waals surface area contributed by atoms with E-state index in [-0.39, 0.29) is 24.7 Å². The zero-order valence-electron chi connectivity index (χ0n) is 14.5. The van der Waals surface area contributed by atoms with Gasteiger partial charge < -0.3 is 21.1 Å². The first-order valence-electron chi connectivity index (χ1n) is 7.99. The van der Waals surface area contributed by atoms with Crippen molar-refractivity contribution in [1.29, 1.82) is 0 Å². The minimum Gasteiger partial charge on any atom is -0.491 e. The van der Waals surface area contributed by atoms with Crippen molar-refractivity contribution in [2.45, 2.75) is 39.5 Å². The lowest BCUT2D eigenvalue weighted by Gasteiger charge is -2.19. The van der Waals surface area contributed by atoms with E-state index < -0.39 is 5.91 Å². The number of benzene rings is 1. The van der Waals surface area contributed by atoms with E-state index in [1.54, 1.807) is 0 Å². The Morgan fingerprint density at radius 3 is 2.68 bits per heavy atom. The maximum atomic E-state index is 12.2. The average Bonchev–Trinajstić information content (AvgIpc) is 2.93. The molecule has 1 aromatic heterocycles. The summed E-state index contributed by atoms with van der Waals surface area (Å²) in [7, 11) is 0. The largest absolute Gasteiger partial charge is 0.491 e. The average molecular weight is 345 g/mol. The van der Waals surface area contributed by atoms with Gasteiger partial charge in [-0.15, -0.1) is 0 Å². The number of carbonyl (C=O) groups excluding carboxylic acids is 2. The van der Waals surface area contributed by atoms with Crippen molar-refractivity contribution in [3.63, 3.8) is 0 Å². The van der Waals surface area contributed by atoms with Crippen molar-refractivity contribution in [3.05, 3.63) is 42.2 Å². The van der Waals surface area contributed by atoms with Gasteiger partial charge in [0, 0.05) is 11.8 Å². The Hall–Kier alpha value is -3.03. The van der Waals surface area contributed by atoms with Gasteiger partial charge in [0.05, 0.1) is 24.0 Å². The van der Waals surface area contributed by atoms with Crippen LogP contribution in [0.1, 0.15) is 32.4 Å². The van der Waals surface area contributed by atoms with Gasteiger partial charge >= 0.3 is 6.03 Å². The van der Waals surface area contributed by atoms with Gasteiger partial charge in [0.15, 0.2) is 0 Å². The second kappa shape index (κ2) is 8.18. The molecule has 0 aliphatic heterocycles. The van der Waals surface area contributed by atoms with Crippen LogP contribution in [0.4, 0.5) is 10.5 Å². The first-order chi connectivity index (χ1) is 11.8. The topological polar surface area (TPSA) is 111 Å². The molecule has 0 radical (unpaired) electrons. The smallest absolute Gasteiger partial charge is 0.319 e. The van der Waals surface area contributed by atoms with Crippen LogP contribution < -0.4 is 21.1 Å². The Labute approximate surface area is 146 Å². The zero-order chi connectivity index (χ0) is 18.4. The highest BCUT2D eigenvalue weighted by Crippen LogP contribution is 2.25. The Morgan fingerprint density at radius 2 is 2.00 bits per heavy atom. The van der Waals surface area contributed by atoms with Crippen LogP contribution in [-0.2, 0) is 11.3 Å². The van der Waals surface area contributed by atoms with Crippen LogP contribution in [0.25, 0.3) is 0 Å². The number of amides is 3. The second-order valence-electron chi connectivity index (χ2n) is 5.92. The SMILES string of the molecule is CC(C)Oc1ccccc1[C@@H](C)NC(=O)Nc1cnn(CC(N)=O)c1. The molecule has 2 rings (SSSR count). The number of para-hydroxylation sites is 1. The monoisotopic (exact) mass is 345 g/mol. The van der Waals surface area contributed by atoms with Crippen molar-refractivity contribution < 1.29 is 14.3 Å². The van der Waals surface area contributed by atoms with Gasteiger partial charge in [0.25, 0.3) is 0 Å². The predicted molar refractivity (Wildman–Crippen MR) is 94.2 cm³/mol. The molecule has 4 N–H and O–H groups in total. The van der Waals surface area contributed by atoms with E-state index in [9.17, 15) is 9.59 Å². The molecule has 134 valence electrons. The Balaban J connectivity index is 1.98. The lowest BCUT2D eigenvalue weighted by atomic mass is 10.1. The van der Waals surface area contributed by atoms with Gasteiger partial charge in [-0.25, -0.2) is 4.79 Å². The molecule has 8 heteroatoms. The summed E-state index contributed by atoms with van der Waals surface area (Å²) < 4.78 is 7.13. The fourth-order valence-corrected chi connectivity index (χ4v) is 2.32. The van der Waals surface area contributed by atoms with Gasteiger partial charge in [-0.1, -0.05) is 18.2 Å². The minimum absolute atomic E-state index is 0.0401. The van der Waals surface area contributed by atoms with E-state index in [1.165, 1.54) is 17.1 Å². The molecule has 0 aliphatic rings. The quantitative estimate of drug-likeness (QED) is 0.713. The molecule has 0 spiro atoms. The number of nitrogens with one attached hydrogen (secondary N) is 2. The lowest BCUT2D eigenvalue weighted by molar-refractivity contribution is -0.118. The molecule has 0 unspecified atom stereocenters. The van der Waals surface area contributed by atoms with Crippen molar-refractivity contribution in [1.82, 2.24) is 15.1 Å². The highest BCUT2D eigenvalue weighted by atomic mass is 16.5. The third-order valence-electron chi connectivity index (χ3n) is 3.30. The van der Waals surface area contributed by atoms with Crippen LogP contribution in [0, 0.1) is 0 Å². The van der Waals surface area contributed by atoms with E-state index in [2.05, 4.69) is 15.7 Å². The van der Waals surface area contributed by atoms with Gasteiger partial charge in [-0.05, 0) is 26.8 Å². The number of anilines is 1. The molecule has 0 fully saturated rings. The van der Waals surface area contributed by atoms with Crippen LogP contribution in [0.2, 0.25) is 0 Å². The summed E-state index contributed by atoms with van der Waals surface area (Å²) in [6.07, 6.45) is 3.02. The summed E-state index contributed by atoms with van der Waals surface area (Å²) in [6.45, 7) is 5.73. The number of urea groups is 1. The fourth-order valence-electron chi connectivity index (χ4n) is 2.32. The lowest BCUT2D eigenvalue weighted by Crippen LogP contribution is -2.31. The number of hydrogen-bond donors (Lipinski definition) is 3. The number of hydrogen-bond acceptors (Lipinski definition) is 4. The van der Waals surface area contributed by atoms with Crippen molar-refractivity contribution in [2.24, 2.45) is 5.73 Å². The zero-order valence-corrected chi connectivity index (χ0v) is 14.5. The second-order valence-corrected chi connectivity index (χ2v) is 5.92. The maximum absolute atomic E-state index is 12.2. The number of aromatic nitrogens is 2. The number of nitrogens with zero attached hydrogens (tertiary/aromatic N) is 2. The molecule has 0 saturated carbocycles. The summed E-state index contributed by atoms with van der Waals surface area (Å²) in [4.78, 5) is 23.0. The number of primary amides is 1. The molecule has 2 aromatic rings. The maximum Gasteiger partial charge on any atom is 0.319 e. The summed E-state index contributed by atoms with van der Waals surface area (Å²) >= 11 is 0.